The number of aliphatic hydroxyl groups excluding tert-OH is 1. The second kappa shape index (κ2) is 4.20. The van der Waals surface area contributed by atoms with Crippen molar-refractivity contribution < 1.29 is 9.84 Å². The second-order valence-corrected chi connectivity index (χ2v) is 5.89. The second-order valence-electron chi connectivity index (χ2n) is 3.91. The van der Waals surface area contributed by atoms with Gasteiger partial charge in [-0.3, -0.25) is 9.78 Å². The first-order chi connectivity index (χ1) is 8.69. The van der Waals surface area contributed by atoms with E-state index in [1.165, 1.54) is 0 Å². The number of aromatic amines is 1. The highest BCUT2D eigenvalue weighted by Crippen LogP contribution is 2.48. The molecule has 3 heterocycles. The molecule has 1 aliphatic rings. The summed E-state index contributed by atoms with van der Waals surface area (Å²) in [5.41, 5.74) is 5.51. The summed E-state index contributed by atoms with van der Waals surface area (Å²) in [6, 6.07) is 0. The Bertz CT molecular complexity index is 677. The van der Waals surface area contributed by atoms with Gasteiger partial charge in [0.15, 0.2) is 5.52 Å². The zero-order valence-electron chi connectivity index (χ0n) is 9.28. The fourth-order valence-electron chi connectivity index (χ4n) is 1.88. The molecular formula is C10H11N4O3P. The summed E-state index contributed by atoms with van der Waals surface area (Å²) in [5, 5.41) is 9.60. The number of nitrogens with one attached hydrogen (secondary N) is 1. The molecule has 0 bridgehead atoms. The molecule has 18 heavy (non-hydrogen) atoms. The van der Waals surface area contributed by atoms with E-state index in [1.54, 1.807) is 12.0 Å². The fraction of sp³-hybridized carbons (Fsp3) is 0.300. The number of H-pyrrole nitrogens is 1. The third kappa shape index (κ3) is 1.73. The molecule has 8 heteroatoms. The zero-order chi connectivity index (χ0) is 12.7. The summed E-state index contributed by atoms with van der Waals surface area (Å²) in [6.45, 7) is -0.0644. The number of hydrogen-bond donors (Lipinski definition) is 3. The zero-order valence-corrected chi connectivity index (χ0v) is 10.2. The van der Waals surface area contributed by atoms with Crippen LogP contribution in [-0.4, -0.2) is 32.8 Å². The first-order valence-corrected chi connectivity index (χ1v) is 6.84. The SMILES string of the molecule is Nc1nc2c(ncp2[C@H]2C=C[C@@H](CO)O2)c(=O)[nH]1. The van der Waals surface area contributed by atoms with Crippen LogP contribution < -0.4 is 11.3 Å². The number of ether oxygens (including phenoxy) is 1. The van der Waals surface area contributed by atoms with Crippen LogP contribution in [0.15, 0.2) is 22.9 Å². The minimum atomic E-state index is -0.950. The number of nitrogen functional groups attached to an aromatic ring is 1. The molecule has 0 aromatic carbocycles. The van der Waals surface area contributed by atoms with Crippen molar-refractivity contribution in [3.05, 3.63) is 28.4 Å². The number of fused-ring (bicyclic) bond motifs is 1. The summed E-state index contributed by atoms with van der Waals surface area (Å²) in [7, 11) is -0.950. The maximum absolute atomic E-state index is 11.6. The van der Waals surface area contributed by atoms with Gasteiger partial charge in [-0.05, 0) is 13.6 Å². The smallest absolute Gasteiger partial charge is 0.279 e. The molecule has 7 nitrogen and oxygen atoms in total. The van der Waals surface area contributed by atoms with Gasteiger partial charge < -0.3 is 15.6 Å². The number of aromatic nitrogens is 3. The molecule has 0 saturated heterocycles. The van der Waals surface area contributed by atoms with Crippen molar-refractivity contribution >= 4 is 24.2 Å². The Hall–Kier alpha value is -1.69. The molecule has 0 amide bonds. The summed E-state index contributed by atoms with van der Waals surface area (Å²) in [5.74, 6) is 1.56. The van der Waals surface area contributed by atoms with E-state index in [-0.39, 0.29) is 30.1 Å². The molecule has 2 aromatic heterocycles. The average Bonchev–Trinajstić information content (AvgIpc) is 2.93. The number of rotatable bonds is 2. The highest BCUT2D eigenvalue weighted by molar-refractivity contribution is 7.54. The van der Waals surface area contributed by atoms with Crippen LogP contribution in [-0.2, 0) is 4.74 Å². The van der Waals surface area contributed by atoms with Crippen molar-refractivity contribution in [2.45, 2.75) is 11.9 Å². The lowest BCUT2D eigenvalue weighted by Crippen LogP contribution is -2.11. The highest BCUT2D eigenvalue weighted by atomic mass is 31.1. The first kappa shape index (κ1) is 11.4. The van der Waals surface area contributed by atoms with Crippen molar-refractivity contribution in [2.24, 2.45) is 0 Å². The van der Waals surface area contributed by atoms with Crippen molar-refractivity contribution in [1.82, 2.24) is 15.0 Å². The van der Waals surface area contributed by atoms with Gasteiger partial charge in [0.25, 0.3) is 5.56 Å². The van der Waals surface area contributed by atoms with E-state index in [1.807, 2.05) is 6.08 Å². The molecule has 4 N–H and O–H groups in total. The van der Waals surface area contributed by atoms with Gasteiger partial charge in [-0.15, -0.1) is 0 Å². The Morgan fingerprint density at radius 2 is 2.39 bits per heavy atom. The van der Waals surface area contributed by atoms with Gasteiger partial charge in [-0.25, -0.2) is 9.97 Å². The van der Waals surface area contributed by atoms with Crippen LogP contribution in [0.4, 0.5) is 5.95 Å². The van der Waals surface area contributed by atoms with E-state index >= 15 is 0 Å². The lowest BCUT2D eigenvalue weighted by atomic mass is 10.4. The quantitative estimate of drug-likeness (QED) is 0.675. The average molecular weight is 266 g/mol. The van der Waals surface area contributed by atoms with E-state index in [0.717, 1.165) is 0 Å². The minimum Gasteiger partial charge on any atom is -0.393 e. The Morgan fingerprint density at radius 3 is 3.11 bits per heavy atom. The summed E-state index contributed by atoms with van der Waals surface area (Å²) in [6.07, 6.45) is 3.37. The van der Waals surface area contributed by atoms with Gasteiger partial charge in [-0.1, -0.05) is 6.08 Å². The summed E-state index contributed by atoms with van der Waals surface area (Å²) >= 11 is 0. The standard InChI is InChI=1S/C10H11N4O3P/c11-10-13-8(16)7-9(14-10)18(4-12-7)6-2-1-5(3-15)17-6/h1-2,4-6,15H,3H2,(H3,11,13,14,16)/t5-,6-,18?/m0/s1. The van der Waals surface area contributed by atoms with E-state index < -0.39 is 7.53 Å². The van der Waals surface area contributed by atoms with Gasteiger partial charge in [-0.2, -0.15) is 0 Å². The van der Waals surface area contributed by atoms with Gasteiger partial charge in [0.05, 0.1) is 12.5 Å². The normalized spacial score (nSPS) is 23.9. The van der Waals surface area contributed by atoms with Gasteiger partial charge >= 0.3 is 0 Å². The molecule has 0 saturated carbocycles. The van der Waals surface area contributed by atoms with Crippen LogP contribution in [0.3, 0.4) is 0 Å². The monoisotopic (exact) mass is 266 g/mol. The molecule has 3 rings (SSSR count). The summed E-state index contributed by atoms with van der Waals surface area (Å²) < 4.78 is 5.61. The number of anilines is 1. The Kier molecular flexibility index (Phi) is 2.66. The molecule has 1 aliphatic heterocycles. The fourth-order valence-corrected chi connectivity index (χ4v) is 3.80. The third-order valence-electron chi connectivity index (χ3n) is 2.71. The Morgan fingerprint density at radius 1 is 1.56 bits per heavy atom. The van der Waals surface area contributed by atoms with E-state index in [0.29, 0.717) is 10.8 Å². The van der Waals surface area contributed by atoms with Crippen molar-refractivity contribution in [2.75, 3.05) is 12.3 Å². The first-order valence-electron chi connectivity index (χ1n) is 5.36. The highest BCUT2D eigenvalue weighted by Gasteiger charge is 2.23. The van der Waals surface area contributed by atoms with Gasteiger partial charge in [0.1, 0.15) is 17.2 Å². The van der Waals surface area contributed by atoms with Crippen molar-refractivity contribution in [3.8, 4) is 0 Å². The number of hydrogen-bond acceptors (Lipinski definition) is 6. The molecule has 2 aromatic rings. The van der Waals surface area contributed by atoms with E-state index in [2.05, 4.69) is 15.0 Å². The van der Waals surface area contributed by atoms with E-state index in [4.69, 9.17) is 15.6 Å². The van der Waals surface area contributed by atoms with Crippen molar-refractivity contribution in [1.29, 1.82) is 0 Å². The maximum Gasteiger partial charge on any atom is 0.279 e. The van der Waals surface area contributed by atoms with Gasteiger partial charge in [0.2, 0.25) is 5.95 Å². The topological polar surface area (TPSA) is 114 Å². The lowest BCUT2D eigenvalue weighted by Gasteiger charge is -2.11. The molecule has 1 unspecified atom stereocenters. The Labute approximate surface area is 102 Å². The van der Waals surface area contributed by atoms with Crippen molar-refractivity contribution in [3.63, 3.8) is 0 Å². The number of nitrogens with zero attached hydrogens (tertiary/aromatic N) is 2. The molecule has 0 spiro atoms. The lowest BCUT2D eigenvalue weighted by molar-refractivity contribution is 0.0453. The van der Waals surface area contributed by atoms with Crippen LogP contribution >= 0.6 is 7.53 Å². The molecule has 0 radical (unpaired) electrons. The molecule has 0 aliphatic carbocycles. The van der Waals surface area contributed by atoms with E-state index in [9.17, 15) is 4.79 Å². The molecule has 94 valence electrons. The maximum atomic E-state index is 11.6. The predicted octanol–water partition coefficient (Wildman–Crippen LogP) is 0.333. The summed E-state index contributed by atoms with van der Waals surface area (Å²) in [4.78, 5) is 22.3. The van der Waals surface area contributed by atoms with Crippen LogP contribution in [0.25, 0.3) is 10.8 Å². The van der Waals surface area contributed by atoms with Crippen LogP contribution in [0, 0.1) is 0 Å². The van der Waals surface area contributed by atoms with Crippen LogP contribution in [0.5, 0.6) is 0 Å². The number of nitrogens with two attached hydrogens (primary N) is 1. The predicted molar refractivity (Wildman–Crippen MR) is 67.4 cm³/mol. The molecule has 3 atom stereocenters. The largest absolute Gasteiger partial charge is 0.393 e. The Balaban J connectivity index is 2.09. The molecular weight excluding hydrogens is 255 g/mol. The van der Waals surface area contributed by atoms with Gasteiger partial charge in [0, 0.05) is 0 Å². The minimum absolute atomic E-state index is 0.0644. The van der Waals surface area contributed by atoms with Crippen LogP contribution in [0.1, 0.15) is 5.85 Å². The molecule has 0 fully saturated rings. The number of aliphatic hydroxyl groups is 1. The third-order valence-corrected chi connectivity index (χ3v) is 4.72. The van der Waals surface area contributed by atoms with Crippen LogP contribution in [0.2, 0.25) is 0 Å².